The Morgan fingerprint density at radius 2 is 1.16 bits per heavy atom. The summed E-state index contributed by atoms with van der Waals surface area (Å²) < 4.78 is 0. The molecule has 2 aliphatic rings. The van der Waals surface area contributed by atoms with E-state index in [1.54, 1.807) is 12.1 Å². The molecule has 132 valence electrons. The third-order valence-corrected chi connectivity index (χ3v) is 7.66. The second-order valence-electron chi connectivity index (χ2n) is 9.68. The summed E-state index contributed by atoms with van der Waals surface area (Å²) in [6.07, 6.45) is 0.978. The van der Waals surface area contributed by atoms with Gasteiger partial charge >= 0.3 is 0 Å². The Morgan fingerprint density at radius 1 is 0.680 bits per heavy atom. The smallest absolute Gasteiger partial charge is 0.115 e. The van der Waals surface area contributed by atoms with Gasteiger partial charge in [-0.15, -0.1) is 0 Å². The zero-order valence-corrected chi connectivity index (χ0v) is 16.1. The fraction of sp³-hybridized carbons (Fsp3) is 0.478. The maximum absolute atomic E-state index is 10.3. The molecule has 0 radical (unpaired) electrons. The van der Waals surface area contributed by atoms with Crippen molar-refractivity contribution in [2.75, 3.05) is 0 Å². The fourth-order valence-corrected chi connectivity index (χ4v) is 5.76. The molecule has 0 saturated heterocycles. The summed E-state index contributed by atoms with van der Waals surface area (Å²) in [4.78, 5) is 0. The predicted octanol–water partition coefficient (Wildman–Crippen LogP) is 5.38. The molecule has 0 amide bonds. The van der Waals surface area contributed by atoms with Crippen LogP contribution in [-0.2, 0) is 16.2 Å². The van der Waals surface area contributed by atoms with Gasteiger partial charge in [0.1, 0.15) is 11.5 Å². The van der Waals surface area contributed by atoms with Gasteiger partial charge in [-0.3, -0.25) is 0 Å². The molecule has 2 aliphatic carbocycles. The minimum Gasteiger partial charge on any atom is -0.508 e. The van der Waals surface area contributed by atoms with Gasteiger partial charge in [-0.2, -0.15) is 0 Å². The lowest BCUT2D eigenvalue weighted by Crippen LogP contribution is -2.46. The van der Waals surface area contributed by atoms with Gasteiger partial charge in [0.2, 0.25) is 0 Å². The first kappa shape index (κ1) is 16.5. The molecular formula is C23H28O2. The molecule has 25 heavy (non-hydrogen) atoms. The van der Waals surface area contributed by atoms with Crippen LogP contribution in [-0.4, -0.2) is 10.2 Å². The standard InChI is InChI=1S/C23H28O2/c1-20(2)13-23(18-11-14(24)7-9-16(18)20)19-12-15(25)8-10-17(19)21(3,4)22(23,5)6/h7-12,24-25H,13H2,1-6H3. The second-order valence-corrected chi connectivity index (χ2v) is 9.68. The van der Waals surface area contributed by atoms with Gasteiger partial charge in [-0.05, 0) is 69.2 Å². The van der Waals surface area contributed by atoms with Crippen molar-refractivity contribution in [1.82, 2.24) is 0 Å². The number of hydrogen-bond acceptors (Lipinski definition) is 2. The molecule has 0 bridgehead atoms. The summed E-state index contributed by atoms with van der Waals surface area (Å²) in [5.41, 5.74) is 4.75. The molecule has 1 spiro atoms. The minimum absolute atomic E-state index is 0.0173. The zero-order chi connectivity index (χ0) is 18.4. The van der Waals surface area contributed by atoms with Crippen molar-refractivity contribution in [1.29, 1.82) is 0 Å². The van der Waals surface area contributed by atoms with Gasteiger partial charge in [0, 0.05) is 5.41 Å². The average Bonchev–Trinajstić information content (AvgIpc) is 2.81. The van der Waals surface area contributed by atoms with Crippen LogP contribution >= 0.6 is 0 Å². The highest BCUT2D eigenvalue weighted by Gasteiger charge is 2.66. The number of fused-ring (bicyclic) bond motifs is 4. The molecule has 0 heterocycles. The van der Waals surface area contributed by atoms with Crippen LogP contribution in [0, 0.1) is 5.41 Å². The quantitative estimate of drug-likeness (QED) is 0.678. The van der Waals surface area contributed by atoms with Crippen LogP contribution in [0.5, 0.6) is 11.5 Å². The first-order valence-corrected chi connectivity index (χ1v) is 9.13. The van der Waals surface area contributed by atoms with Gasteiger partial charge in [-0.1, -0.05) is 53.7 Å². The van der Waals surface area contributed by atoms with E-state index in [0.717, 1.165) is 6.42 Å². The molecule has 2 aromatic rings. The summed E-state index contributed by atoms with van der Waals surface area (Å²) >= 11 is 0. The minimum atomic E-state index is -0.220. The van der Waals surface area contributed by atoms with Crippen LogP contribution in [0.15, 0.2) is 36.4 Å². The van der Waals surface area contributed by atoms with Gasteiger partial charge in [-0.25, -0.2) is 0 Å². The van der Waals surface area contributed by atoms with Crippen molar-refractivity contribution in [2.24, 2.45) is 5.41 Å². The van der Waals surface area contributed by atoms with Gasteiger partial charge in [0.05, 0.1) is 0 Å². The molecule has 0 aliphatic heterocycles. The van der Waals surface area contributed by atoms with Gasteiger partial charge in [0.25, 0.3) is 0 Å². The summed E-state index contributed by atoms with van der Waals surface area (Å²) in [7, 11) is 0. The summed E-state index contributed by atoms with van der Waals surface area (Å²) in [5, 5.41) is 20.5. The van der Waals surface area contributed by atoms with Crippen molar-refractivity contribution in [2.45, 2.75) is 64.2 Å². The molecule has 2 heteroatoms. The Morgan fingerprint density at radius 3 is 1.72 bits per heavy atom. The van der Waals surface area contributed by atoms with Crippen LogP contribution in [0.25, 0.3) is 0 Å². The van der Waals surface area contributed by atoms with Crippen LogP contribution < -0.4 is 0 Å². The van der Waals surface area contributed by atoms with E-state index in [1.807, 2.05) is 12.1 Å². The van der Waals surface area contributed by atoms with E-state index < -0.39 is 0 Å². The number of benzene rings is 2. The zero-order valence-electron chi connectivity index (χ0n) is 16.1. The van der Waals surface area contributed by atoms with E-state index in [1.165, 1.54) is 22.3 Å². The van der Waals surface area contributed by atoms with Crippen LogP contribution in [0.3, 0.4) is 0 Å². The Kier molecular flexibility index (Phi) is 2.91. The largest absolute Gasteiger partial charge is 0.508 e. The summed E-state index contributed by atoms with van der Waals surface area (Å²) in [6.45, 7) is 13.9. The molecule has 0 aromatic heterocycles. The Hall–Kier alpha value is -1.96. The van der Waals surface area contributed by atoms with Crippen LogP contribution in [0.4, 0.5) is 0 Å². The molecule has 2 aromatic carbocycles. The number of rotatable bonds is 0. The fourth-order valence-electron chi connectivity index (χ4n) is 5.76. The molecular weight excluding hydrogens is 308 g/mol. The Balaban J connectivity index is 2.16. The van der Waals surface area contributed by atoms with E-state index in [-0.39, 0.29) is 21.7 Å². The van der Waals surface area contributed by atoms with E-state index >= 15 is 0 Å². The molecule has 2 N–H and O–H groups in total. The van der Waals surface area contributed by atoms with Gasteiger partial charge in [0.15, 0.2) is 0 Å². The van der Waals surface area contributed by atoms with E-state index in [0.29, 0.717) is 11.5 Å². The first-order valence-electron chi connectivity index (χ1n) is 9.13. The lowest BCUT2D eigenvalue weighted by Gasteiger charge is -2.48. The Bertz CT molecular complexity index is 873. The monoisotopic (exact) mass is 336 g/mol. The normalized spacial score (nSPS) is 27.3. The molecule has 0 fully saturated rings. The third kappa shape index (κ3) is 1.71. The highest BCUT2D eigenvalue weighted by molar-refractivity contribution is 5.64. The lowest BCUT2D eigenvalue weighted by molar-refractivity contribution is 0.116. The van der Waals surface area contributed by atoms with Crippen LogP contribution in [0.1, 0.15) is 70.2 Å². The number of hydrogen-bond donors (Lipinski definition) is 2. The molecule has 1 unspecified atom stereocenters. The predicted molar refractivity (Wildman–Crippen MR) is 101 cm³/mol. The first-order chi connectivity index (χ1) is 11.4. The molecule has 2 nitrogen and oxygen atoms in total. The summed E-state index contributed by atoms with van der Waals surface area (Å²) in [5.74, 6) is 0.635. The van der Waals surface area contributed by atoms with Crippen LogP contribution in [0.2, 0.25) is 0 Å². The Labute approximate surface area is 150 Å². The lowest BCUT2D eigenvalue weighted by atomic mass is 9.55. The van der Waals surface area contributed by atoms with E-state index in [2.05, 4.69) is 53.7 Å². The van der Waals surface area contributed by atoms with Crippen molar-refractivity contribution >= 4 is 0 Å². The SMILES string of the molecule is CC1(C)CC2(c3cc(O)ccc31)c1cc(O)ccc1C(C)(C)C2(C)C. The second kappa shape index (κ2) is 4.41. The van der Waals surface area contributed by atoms with Gasteiger partial charge < -0.3 is 10.2 Å². The third-order valence-electron chi connectivity index (χ3n) is 7.66. The topological polar surface area (TPSA) is 40.5 Å². The maximum atomic E-state index is 10.3. The average molecular weight is 336 g/mol. The van der Waals surface area contributed by atoms with E-state index in [4.69, 9.17) is 0 Å². The highest BCUT2D eigenvalue weighted by Crippen LogP contribution is 2.71. The van der Waals surface area contributed by atoms with Crippen molar-refractivity contribution < 1.29 is 10.2 Å². The number of aromatic hydroxyl groups is 2. The van der Waals surface area contributed by atoms with Crippen molar-refractivity contribution in [3.05, 3.63) is 58.7 Å². The van der Waals surface area contributed by atoms with E-state index in [9.17, 15) is 10.2 Å². The maximum Gasteiger partial charge on any atom is 0.115 e. The molecule has 1 atom stereocenters. The highest BCUT2D eigenvalue weighted by atomic mass is 16.3. The summed E-state index contributed by atoms with van der Waals surface area (Å²) in [6, 6.07) is 11.7. The van der Waals surface area contributed by atoms with Crippen molar-refractivity contribution in [3.63, 3.8) is 0 Å². The number of phenols is 2. The number of phenolic OH excluding ortho intramolecular Hbond substituents is 2. The molecule has 4 rings (SSSR count). The molecule has 0 saturated carbocycles. The van der Waals surface area contributed by atoms with Crippen molar-refractivity contribution in [3.8, 4) is 11.5 Å².